The van der Waals surface area contributed by atoms with Gasteiger partial charge in [-0.1, -0.05) is 0 Å². The summed E-state index contributed by atoms with van der Waals surface area (Å²) in [5, 5.41) is 28.1. The SMILES string of the molecule is CCO[C@]1(O)CC(O)C(O)C(CF)O1. The standard InChI is InChI=1S/C8H15FO5/c1-2-13-8(12)3-5(10)7(11)6(4-9)14-8/h5-7,10-12H,2-4H2,1H3/t5?,6?,7?,8-/m1/s1. The summed E-state index contributed by atoms with van der Waals surface area (Å²) in [5.74, 6) is -2.00. The molecule has 0 radical (unpaired) electrons. The summed E-state index contributed by atoms with van der Waals surface area (Å²) in [5.41, 5.74) is 0. The first-order valence-corrected chi connectivity index (χ1v) is 4.48. The van der Waals surface area contributed by atoms with Gasteiger partial charge in [0.2, 0.25) is 0 Å². The number of hydrogen-bond acceptors (Lipinski definition) is 5. The van der Waals surface area contributed by atoms with E-state index < -0.39 is 31.0 Å². The van der Waals surface area contributed by atoms with Crippen LogP contribution < -0.4 is 0 Å². The molecule has 0 amide bonds. The summed E-state index contributed by atoms with van der Waals surface area (Å²) in [6, 6.07) is 0. The van der Waals surface area contributed by atoms with Crippen molar-refractivity contribution in [2.24, 2.45) is 0 Å². The highest BCUT2D eigenvalue weighted by atomic mass is 19.1. The first-order chi connectivity index (χ1) is 6.52. The van der Waals surface area contributed by atoms with Crippen molar-refractivity contribution in [3.8, 4) is 0 Å². The summed E-state index contributed by atoms with van der Waals surface area (Å²) in [6.07, 6.45) is -4.13. The van der Waals surface area contributed by atoms with Gasteiger partial charge in [-0.3, -0.25) is 0 Å². The minimum atomic E-state index is -2.00. The second kappa shape index (κ2) is 4.50. The number of alkyl halides is 1. The van der Waals surface area contributed by atoms with Crippen molar-refractivity contribution >= 4 is 0 Å². The van der Waals surface area contributed by atoms with Crippen LogP contribution in [0.1, 0.15) is 13.3 Å². The topological polar surface area (TPSA) is 79.2 Å². The zero-order valence-corrected chi connectivity index (χ0v) is 7.89. The Morgan fingerprint density at radius 3 is 2.71 bits per heavy atom. The molecule has 5 nitrogen and oxygen atoms in total. The van der Waals surface area contributed by atoms with E-state index in [9.17, 15) is 19.7 Å². The summed E-state index contributed by atoms with van der Waals surface area (Å²) < 4.78 is 21.9. The van der Waals surface area contributed by atoms with Crippen molar-refractivity contribution in [2.45, 2.75) is 37.6 Å². The molecule has 1 fully saturated rings. The van der Waals surface area contributed by atoms with Crippen LogP contribution in [0.3, 0.4) is 0 Å². The third-order valence-corrected chi connectivity index (χ3v) is 2.10. The number of aliphatic hydroxyl groups is 3. The summed E-state index contributed by atoms with van der Waals surface area (Å²) >= 11 is 0. The van der Waals surface area contributed by atoms with Crippen LogP contribution in [0.4, 0.5) is 4.39 Å². The Balaban J connectivity index is 2.66. The van der Waals surface area contributed by atoms with Crippen LogP contribution in [0, 0.1) is 0 Å². The molecular weight excluding hydrogens is 195 g/mol. The largest absolute Gasteiger partial charge is 0.390 e. The maximum atomic E-state index is 12.3. The molecule has 1 rings (SSSR count). The van der Waals surface area contributed by atoms with E-state index in [4.69, 9.17) is 9.47 Å². The van der Waals surface area contributed by atoms with Gasteiger partial charge in [0.1, 0.15) is 18.9 Å². The number of ether oxygens (including phenoxy) is 2. The van der Waals surface area contributed by atoms with E-state index in [1.54, 1.807) is 6.92 Å². The highest BCUT2D eigenvalue weighted by Crippen LogP contribution is 2.28. The van der Waals surface area contributed by atoms with Crippen LogP contribution in [0.25, 0.3) is 0 Å². The average Bonchev–Trinajstić information content (AvgIpc) is 2.12. The molecule has 14 heavy (non-hydrogen) atoms. The lowest BCUT2D eigenvalue weighted by Gasteiger charge is -2.40. The normalized spacial score (nSPS) is 43.9. The first-order valence-electron chi connectivity index (χ1n) is 4.48. The highest BCUT2D eigenvalue weighted by molar-refractivity contribution is 4.84. The smallest absolute Gasteiger partial charge is 0.283 e. The van der Waals surface area contributed by atoms with Crippen molar-refractivity contribution in [1.82, 2.24) is 0 Å². The minimum absolute atomic E-state index is 0.165. The quantitative estimate of drug-likeness (QED) is 0.529. The molecular formula is C8H15FO5. The van der Waals surface area contributed by atoms with Gasteiger partial charge in [0.05, 0.1) is 12.5 Å². The first kappa shape index (κ1) is 11.8. The van der Waals surface area contributed by atoms with Crippen LogP contribution in [-0.4, -0.2) is 52.9 Å². The molecule has 1 aliphatic rings. The molecule has 0 saturated carbocycles. The maximum Gasteiger partial charge on any atom is 0.283 e. The van der Waals surface area contributed by atoms with Gasteiger partial charge >= 0.3 is 0 Å². The van der Waals surface area contributed by atoms with E-state index in [0.717, 1.165) is 0 Å². The molecule has 4 atom stereocenters. The molecule has 6 heteroatoms. The number of aliphatic hydroxyl groups excluding tert-OH is 2. The Kier molecular flexibility index (Phi) is 3.79. The predicted octanol–water partition coefficient (Wildman–Crippen LogP) is -0.851. The Labute approximate surface area is 81.1 Å². The second-order valence-electron chi connectivity index (χ2n) is 3.22. The van der Waals surface area contributed by atoms with Gasteiger partial charge < -0.3 is 24.8 Å². The molecule has 3 N–H and O–H groups in total. The van der Waals surface area contributed by atoms with E-state index >= 15 is 0 Å². The predicted molar refractivity (Wildman–Crippen MR) is 44.1 cm³/mol. The monoisotopic (exact) mass is 210 g/mol. The van der Waals surface area contributed by atoms with Crippen molar-refractivity contribution in [2.75, 3.05) is 13.3 Å². The van der Waals surface area contributed by atoms with Gasteiger partial charge in [0.15, 0.2) is 0 Å². The van der Waals surface area contributed by atoms with Gasteiger partial charge in [0, 0.05) is 6.61 Å². The molecule has 0 aromatic carbocycles. The molecule has 0 aliphatic carbocycles. The van der Waals surface area contributed by atoms with Gasteiger partial charge in [-0.2, -0.15) is 0 Å². The molecule has 0 bridgehead atoms. The second-order valence-corrected chi connectivity index (χ2v) is 3.22. The lowest BCUT2D eigenvalue weighted by molar-refractivity contribution is -0.412. The molecule has 0 aromatic heterocycles. The Bertz CT molecular complexity index is 191. The van der Waals surface area contributed by atoms with E-state index in [2.05, 4.69) is 0 Å². The molecule has 0 aromatic rings. The Morgan fingerprint density at radius 2 is 2.21 bits per heavy atom. The fourth-order valence-electron chi connectivity index (χ4n) is 1.43. The van der Waals surface area contributed by atoms with E-state index in [0.29, 0.717) is 0 Å². The summed E-state index contributed by atoms with van der Waals surface area (Å²) in [7, 11) is 0. The molecule has 1 aliphatic heterocycles. The van der Waals surface area contributed by atoms with Gasteiger partial charge in [-0.25, -0.2) is 4.39 Å². The zero-order valence-electron chi connectivity index (χ0n) is 7.89. The van der Waals surface area contributed by atoms with Crippen LogP contribution in [0.15, 0.2) is 0 Å². The highest BCUT2D eigenvalue weighted by Gasteiger charge is 2.46. The van der Waals surface area contributed by atoms with Crippen LogP contribution in [0.2, 0.25) is 0 Å². The number of hydrogen-bond donors (Lipinski definition) is 3. The Hall–Kier alpha value is -0.270. The minimum Gasteiger partial charge on any atom is -0.390 e. The Morgan fingerprint density at radius 1 is 1.57 bits per heavy atom. The summed E-state index contributed by atoms with van der Waals surface area (Å²) in [4.78, 5) is 0. The fourth-order valence-corrected chi connectivity index (χ4v) is 1.43. The van der Waals surface area contributed by atoms with Crippen LogP contribution in [0.5, 0.6) is 0 Å². The van der Waals surface area contributed by atoms with Crippen molar-refractivity contribution < 1.29 is 29.2 Å². The third-order valence-electron chi connectivity index (χ3n) is 2.10. The van der Waals surface area contributed by atoms with Crippen molar-refractivity contribution in [3.63, 3.8) is 0 Å². The van der Waals surface area contributed by atoms with Gasteiger partial charge in [0.25, 0.3) is 5.97 Å². The zero-order chi connectivity index (χ0) is 10.8. The van der Waals surface area contributed by atoms with E-state index in [-0.39, 0.29) is 13.0 Å². The lowest BCUT2D eigenvalue weighted by Crippen LogP contribution is -2.56. The summed E-state index contributed by atoms with van der Waals surface area (Å²) in [6.45, 7) is 0.801. The van der Waals surface area contributed by atoms with Crippen LogP contribution >= 0.6 is 0 Å². The van der Waals surface area contributed by atoms with Gasteiger partial charge in [-0.05, 0) is 6.92 Å². The van der Waals surface area contributed by atoms with Crippen molar-refractivity contribution in [3.05, 3.63) is 0 Å². The number of rotatable bonds is 3. The fraction of sp³-hybridized carbons (Fsp3) is 1.00. The van der Waals surface area contributed by atoms with Crippen molar-refractivity contribution in [1.29, 1.82) is 0 Å². The maximum absolute atomic E-state index is 12.3. The molecule has 3 unspecified atom stereocenters. The van der Waals surface area contributed by atoms with Crippen LogP contribution in [-0.2, 0) is 9.47 Å². The van der Waals surface area contributed by atoms with E-state index in [1.165, 1.54) is 0 Å². The van der Waals surface area contributed by atoms with E-state index in [1.807, 2.05) is 0 Å². The molecule has 84 valence electrons. The molecule has 0 spiro atoms. The number of halogens is 1. The average molecular weight is 210 g/mol. The molecule has 1 saturated heterocycles. The molecule has 1 heterocycles. The third kappa shape index (κ3) is 2.40. The van der Waals surface area contributed by atoms with Gasteiger partial charge in [-0.15, -0.1) is 0 Å². The lowest BCUT2D eigenvalue weighted by atomic mass is 10.0.